The standard InChI is InChI=1S/C34H41NO11S/c1-18-23-11-12-24-32-17-45-34(40,28(38)26(32)31(2,3)14-13-25(32)36)33(24,27(18)37)29(23)46-30(39)20-9-7-19(8-10-20)16-47(43,44)22-6-4-5-21(15-22)35(41)42/h4-6,15,19-20,23-24,26,28-29,38,40H,1,7-14,16-17H2,2-3H3/t19?,20?,23-,24-,26+,28-,29+,32+,33-,34-/m0/s1. The average molecular weight is 672 g/mol. The highest BCUT2D eigenvalue weighted by Gasteiger charge is 2.88. The number of rotatable bonds is 6. The smallest absolute Gasteiger partial charge is 0.309 e. The summed E-state index contributed by atoms with van der Waals surface area (Å²) in [7, 11) is -3.81. The van der Waals surface area contributed by atoms with Crippen molar-refractivity contribution in [2.45, 2.75) is 88.1 Å². The van der Waals surface area contributed by atoms with E-state index in [1.165, 1.54) is 18.2 Å². The lowest BCUT2D eigenvalue weighted by atomic mass is 9.36. The first kappa shape index (κ1) is 32.5. The summed E-state index contributed by atoms with van der Waals surface area (Å²) in [5.41, 5.74) is -3.71. The molecule has 1 aromatic carbocycles. The number of hydrogen-bond acceptors (Lipinski definition) is 11. The number of carbonyl (C=O) groups is 3. The van der Waals surface area contributed by atoms with Crippen LogP contribution in [0.4, 0.5) is 5.69 Å². The highest BCUT2D eigenvalue weighted by Crippen LogP contribution is 2.76. The number of nitrogens with zero attached hydrogens (tertiary/aromatic N) is 1. The molecule has 2 spiro atoms. The number of aliphatic hydroxyl groups excluding tert-OH is 1. The normalized spacial score (nSPS) is 42.0. The first-order chi connectivity index (χ1) is 22.0. The molecule has 2 aliphatic heterocycles. The number of Topliss-reactive ketones (excluding diaryl/α,β-unsaturated/α-hetero) is 2. The second kappa shape index (κ2) is 10.5. The summed E-state index contributed by atoms with van der Waals surface area (Å²) in [4.78, 5) is 52.4. The van der Waals surface area contributed by atoms with Crippen LogP contribution in [0.5, 0.6) is 0 Å². The number of sulfone groups is 1. The fourth-order valence-corrected chi connectivity index (χ4v) is 12.5. The van der Waals surface area contributed by atoms with Crippen molar-refractivity contribution in [3.8, 4) is 0 Å². The van der Waals surface area contributed by atoms with Gasteiger partial charge in [0, 0.05) is 30.4 Å². The number of carbonyl (C=O) groups excluding carboxylic acids is 3. The third kappa shape index (κ3) is 4.21. The van der Waals surface area contributed by atoms with Gasteiger partial charge in [-0.2, -0.15) is 0 Å². The molecular formula is C34H41NO11S. The van der Waals surface area contributed by atoms with E-state index < -0.39 is 84.4 Å². The van der Waals surface area contributed by atoms with Crippen LogP contribution >= 0.6 is 0 Å². The Balaban J connectivity index is 1.12. The minimum Gasteiger partial charge on any atom is -0.460 e. The van der Waals surface area contributed by atoms with Crippen molar-refractivity contribution in [2.24, 2.45) is 45.8 Å². The quantitative estimate of drug-likeness (QED) is 0.195. The van der Waals surface area contributed by atoms with E-state index >= 15 is 0 Å². The van der Waals surface area contributed by atoms with Gasteiger partial charge in [0.25, 0.3) is 5.69 Å². The number of nitro groups is 1. The lowest BCUT2D eigenvalue weighted by molar-refractivity contribution is -0.437. The van der Waals surface area contributed by atoms with Crippen LogP contribution in [-0.4, -0.2) is 71.4 Å². The van der Waals surface area contributed by atoms with Crippen LogP contribution < -0.4 is 0 Å². The van der Waals surface area contributed by atoms with Gasteiger partial charge in [0.05, 0.1) is 33.5 Å². The van der Waals surface area contributed by atoms with Gasteiger partial charge in [-0.15, -0.1) is 0 Å². The summed E-state index contributed by atoms with van der Waals surface area (Å²) < 4.78 is 38.4. The molecule has 5 saturated carbocycles. The van der Waals surface area contributed by atoms with Crippen molar-refractivity contribution in [1.29, 1.82) is 0 Å². The number of non-ortho nitro benzene ring substituents is 1. The first-order valence-corrected chi connectivity index (χ1v) is 18.2. The Hall–Kier alpha value is -3.00. The molecule has 47 heavy (non-hydrogen) atoms. The maximum atomic E-state index is 14.3. The Morgan fingerprint density at radius 3 is 2.53 bits per heavy atom. The van der Waals surface area contributed by atoms with Crippen LogP contribution in [0.3, 0.4) is 0 Å². The summed E-state index contributed by atoms with van der Waals surface area (Å²) >= 11 is 0. The highest BCUT2D eigenvalue weighted by atomic mass is 32.2. The lowest BCUT2D eigenvalue weighted by Gasteiger charge is -2.73. The fraction of sp³-hybridized carbons (Fsp3) is 0.676. The monoisotopic (exact) mass is 671 g/mol. The molecular weight excluding hydrogens is 630 g/mol. The second-order valence-electron chi connectivity index (χ2n) is 15.4. The second-order valence-corrected chi connectivity index (χ2v) is 17.5. The number of aliphatic hydroxyl groups is 2. The Morgan fingerprint density at radius 1 is 1.15 bits per heavy atom. The summed E-state index contributed by atoms with van der Waals surface area (Å²) in [6.45, 7) is 7.86. The van der Waals surface area contributed by atoms with Gasteiger partial charge in [-0.25, -0.2) is 8.42 Å². The van der Waals surface area contributed by atoms with E-state index in [0.717, 1.165) is 6.07 Å². The zero-order valence-electron chi connectivity index (χ0n) is 26.6. The van der Waals surface area contributed by atoms with Crippen molar-refractivity contribution >= 4 is 33.1 Å². The summed E-state index contributed by atoms with van der Waals surface area (Å²) in [6, 6.07) is 4.95. The van der Waals surface area contributed by atoms with Gasteiger partial charge in [-0.1, -0.05) is 26.5 Å². The number of ether oxygens (including phenoxy) is 2. The van der Waals surface area contributed by atoms with Crippen LogP contribution in [0.25, 0.3) is 0 Å². The molecule has 5 aliphatic carbocycles. The van der Waals surface area contributed by atoms with E-state index in [0.29, 0.717) is 44.9 Å². The Labute approximate surface area is 273 Å². The van der Waals surface area contributed by atoms with E-state index in [9.17, 15) is 43.1 Å². The van der Waals surface area contributed by atoms with Gasteiger partial charge in [-0.05, 0) is 73.8 Å². The molecule has 2 saturated heterocycles. The van der Waals surface area contributed by atoms with E-state index in [4.69, 9.17) is 9.47 Å². The van der Waals surface area contributed by atoms with Gasteiger partial charge in [0.1, 0.15) is 23.4 Å². The minimum absolute atomic E-state index is 0.0979. The number of esters is 1. The van der Waals surface area contributed by atoms with Crippen LogP contribution in [0.2, 0.25) is 0 Å². The number of fused-ring (bicyclic) bond motifs is 2. The summed E-state index contributed by atoms with van der Waals surface area (Å²) in [5, 5.41) is 35.4. The molecule has 1 aromatic rings. The average Bonchev–Trinajstić information content (AvgIpc) is 3.14. The number of hydrogen-bond donors (Lipinski definition) is 2. The molecule has 12 nitrogen and oxygen atoms in total. The third-order valence-corrected chi connectivity index (χ3v) is 14.8. The largest absolute Gasteiger partial charge is 0.460 e. The Kier molecular flexibility index (Phi) is 7.27. The molecule has 2 heterocycles. The summed E-state index contributed by atoms with van der Waals surface area (Å²) in [5.74, 6) is -6.59. The van der Waals surface area contributed by atoms with Crippen LogP contribution in [0.1, 0.15) is 65.2 Å². The van der Waals surface area contributed by atoms with E-state index in [1.807, 2.05) is 13.8 Å². The fourth-order valence-electron chi connectivity index (χ4n) is 10.7. The van der Waals surface area contributed by atoms with Crippen molar-refractivity contribution in [3.05, 3.63) is 46.5 Å². The molecule has 8 atom stereocenters. The predicted molar refractivity (Wildman–Crippen MR) is 164 cm³/mol. The molecule has 8 rings (SSSR count). The number of benzene rings is 1. The summed E-state index contributed by atoms with van der Waals surface area (Å²) in [6.07, 6.45) is 0.382. The molecule has 13 heteroatoms. The van der Waals surface area contributed by atoms with Gasteiger partial charge in [0.2, 0.25) is 5.79 Å². The molecule has 254 valence electrons. The zero-order chi connectivity index (χ0) is 33.9. The maximum absolute atomic E-state index is 14.3. The molecule has 7 fully saturated rings. The van der Waals surface area contributed by atoms with Crippen molar-refractivity contribution < 1.29 is 47.4 Å². The number of ketones is 2. The van der Waals surface area contributed by atoms with Crippen LogP contribution in [0, 0.1) is 55.9 Å². The minimum atomic E-state index is -3.81. The maximum Gasteiger partial charge on any atom is 0.309 e. The van der Waals surface area contributed by atoms with Crippen LogP contribution in [-0.2, 0) is 33.7 Å². The van der Waals surface area contributed by atoms with E-state index in [-0.39, 0.29) is 46.6 Å². The molecule has 0 amide bonds. The third-order valence-electron chi connectivity index (χ3n) is 12.9. The highest BCUT2D eigenvalue weighted by molar-refractivity contribution is 7.91. The number of nitro benzene ring substituents is 1. The molecule has 0 aromatic heterocycles. The molecule has 0 unspecified atom stereocenters. The Morgan fingerprint density at radius 2 is 1.85 bits per heavy atom. The van der Waals surface area contributed by atoms with Crippen molar-refractivity contribution in [2.75, 3.05) is 12.4 Å². The topological polar surface area (TPSA) is 187 Å². The van der Waals surface area contributed by atoms with Gasteiger partial charge < -0.3 is 19.7 Å². The van der Waals surface area contributed by atoms with Gasteiger partial charge in [0.15, 0.2) is 15.6 Å². The zero-order valence-corrected chi connectivity index (χ0v) is 27.4. The molecule has 2 N–H and O–H groups in total. The van der Waals surface area contributed by atoms with E-state index in [1.54, 1.807) is 0 Å². The SMILES string of the molecule is C=C1C(=O)[C@]23[C@H](OC(=O)C4CCC(CS(=O)(=O)c5cccc([N+](=O)[O-])c5)CC4)[C@H]1CC[C@H]2[C@@]12CO[C@@]3(O)[C@@H](O)[C@@H]1C(C)(C)CCC2=O. The Bertz CT molecular complexity index is 1700. The van der Waals surface area contributed by atoms with Crippen molar-refractivity contribution in [3.63, 3.8) is 0 Å². The first-order valence-electron chi connectivity index (χ1n) is 16.5. The predicted octanol–water partition coefficient (Wildman–Crippen LogP) is 3.32. The van der Waals surface area contributed by atoms with Crippen molar-refractivity contribution in [1.82, 2.24) is 0 Å². The van der Waals surface area contributed by atoms with Gasteiger partial charge in [-0.3, -0.25) is 24.5 Å². The molecule has 7 aliphatic rings. The van der Waals surface area contributed by atoms with Gasteiger partial charge >= 0.3 is 5.97 Å². The molecule has 0 radical (unpaired) electrons. The van der Waals surface area contributed by atoms with E-state index in [2.05, 4.69) is 6.58 Å². The lowest BCUT2D eigenvalue weighted by Crippen LogP contribution is -2.85. The molecule has 4 bridgehead atoms. The van der Waals surface area contributed by atoms with Crippen LogP contribution in [0.15, 0.2) is 41.3 Å².